The van der Waals surface area contributed by atoms with Crippen LogP contribution >= 0.6 is 0 Å². The van der Waals surface area contributed by atoms with Gasteiger partial charge in [-0.05, 0) is 35.4 Å². The van der Waals surface area contributed by atoms with Crippen molar-refractivity contribution in [3.8, 4) is 5.75 Å². The molecule has 140 valence electrons. The highest BCUT2D eigenvalue weighted by atomic mass is 32.2. The van der Waals surface area contributed by atoms with E-state index in [0.29, 0.717) is 12.8 Å². The molecule has 0 aromatic heterocycles. The van der Waals surface area contributed by atoms with Gasteiger partial charge in [0.05, 0.1) is 10.5 Å². The van der Waals surface area contributed by atoms with Crippen LogP contribution in [0.15, 0.2) is 53.4 Å². The Hall–Kier alpha value is -2.10. The van der Waals surface area contributed by atoms with Crippen LogP contribution in [0.3, 0.4) is 0 Å². The summed E-state index contributed by atoms with van der Waals surface area (Å²) in [6, 6.07) is 11.3. The van der Waals surface area contributed by atoms with Crippen molar-refractivity contribution < 1.29 is 31.4 Å². The van der Waals surface area contributed by atoms with Gasteiger partial charge < -0.3 is 9.84 Å². The SMILES string of the molecule is O=S(=O)(NCC1(O)Cc2ccccc2C1)c1ccc(OC(F)(F)F)cc1. The van der Waals surface area contributed by atoms with E-state index in [1.54, 1.807) is 0 Å². The summed E-state index contributed by atoms with van der Waals surface area (Å²) in [4.78, 5) is -0.217. The zero-order valence-corrected chi connectivity index (χ0v) is 14.3. The van der Waals surface area contributed by atoms with E-state index in [1.165, 1.54) is 0 Å². The van der Waals surface area contributed by atoms with Gasteiger partial charge in [0.1, 0.15) is 5.75 Å². The number of sulfonamides is 1. The molecule has 9 heteroatoms. The molecular formula is C17H16F3NO4S. The minimum Gasteiger partial charge on any atom is -0.406 e. The number of rotatable bonds is 5. The molecule has 0 saturated heterocycles. The van der Waals surface area contributed by atoms with Crippen LogP contribution in [0.4, 0.5) is 13.2 Å². The highest BCUT2D eigenvalue weighted by molar-refractivity contribution is 7.89. The van der Waals surface area contributed by atoms with E-state index in [2.05, 4.69) is 9.46 Å². The van der Waals surface area contributed by atoms with Crippen LogP contribution in [0.2, 0.25) is 0 Å². The smallest absolute Gasteiger partial charge is 0.406 e. The molecule has 1 aliphatic rings. The van der Waals surface area contributed by atoms with Gasteiger partial charge in [0.2, 0.25) is 10.0 Å². The third-order valence-corrected chi connectivity index (χ3v) is 5.53. The lowest BCUT2D eigenvalue weighted by atomic mass is 10.0. The predicted molar refractivity (Wildman–Crippen MR) is 87.1 cm³/mol. The number of fused-ring (bicyclic) bond motifs is 1. The third kappa shape index (κ3) is 4.35. The highest BCUT2D eigenvalue weighted by Gasteiger charge is 2.36. The van der Waals surface area contributed by atoms with E-state index in [-0.39, 0.29) is 11.4 Å². The number of benzene rings is 2. The van der Waals surface area contributed by atoms with Crippen LogP contribution < -0.4 is 9.46 Å². The highest BCUT2D eigenvalue weighted by Crippen LogP contribution is 2.30. The van der Waals surface area contributed by atoms with Crippen LogP contribution in [-0.2, 0) is 22.9 Å². The van der Waals surface area contributed by atoms with Crippen molar-refractivity contribution in [2.45, 2.75) is 29.7 Å². The van der Waals surface area contributed by atoms with Gasteiger partial charge in [-0.15, -0.1) is 13.2 Å². The Kier molecular flexibility index (Phi) is 4.72. The van der Waals surface area contributed by atoms with Crippen LogP contribution in [0.25, 0.3) is 0 Å². The number of nitrogens with one attached hydrogen (secondary N) is 1. The Morgan fingerprint density at radius 1 is 1.04 bits per heavy atom. The molecule has 0 aliphatic heterocycles. The van der Waals surface area contributed by atoms with Gasteiger partial charge in [0.25, 0.3) is 0 Å². The standard InChI is InChI=1S/C17H16F3NO4S/c18-17(19,20)25-14-5-7-15(8-6-14)26(23,24)21-11-16(22)9-12-3-1-2-4-13(12)10-16/h1-8,21-22H,9-11H2. The molecule has 0 saturated carbocycles. The van der Waals surface area contributed by atoms with E-state index in [4.69, 9.17) is 0 Å². The van der Waals surface area contributed by atoms with E-state index >= 15 is 0 Å². The van der Waals surface area contributed by atoms with Crippen molar-refractivity contribution in [1.82, 2.24) is 4.72 Å². The fourth-order valence-corrected chi connectivity index (χ4v) is 4.05. The van der Waals surface area contributed by atoms with Crippen LogP contribution in [0, 0.1) is 0 Å². The molecule has 0 bridgehead atoms. The topological polar surface area (TPSA) is 75.6 Å². The van der Waals surface area contributed by atoms with Crippen molar-refractivity contribution >= 4 is 10.0 Å². The maximum atomic E-state index is 12.3. The maximum absolute atomic E-state index is 12.3. The molecule has 2 aromatic rings. The first-order valence-corrected chi connectivity index (χ1v) is 9.19. The molecule has 0 unspecified atom stereocenters. The second-order valence-electron chi connectivity index (χ2n) is 6.19. The lowest BCUT2D eigenvalue weighted by Crippen LogP contribution is -2.43. The van der Waals surface area contributed by atoms with Crippen molar-refractivity contribution in [2.24, 2.45) is 0 Å². The zero-order valence-electron chi connectivity index (χ0n) is 13.5. The number of aliphatic hydroxyl groups is 1. The van der Waals surface area contributed by atoms with Crippen LogP contribution in [0.1, 0.15) is 11.1 Å². The fraction of sp³-hybridized carbons (Fsp3) is 0.294. The largest absolute Gasteiger partial charge is 0.573 e. The summed E-state index contributed by atoms with van der Waals surface area (Å²) >= 11 is 0. The van der Waals surface area contributed by atoms with E-state index in [9.17, 15) is 26.7 Å². The molecule has 0 atom stereocenters. The summed E-state index contributed by atoms with van der Waals surface area (Å²) in [6.07, 6.45) is -4.20. The summed E-state index contributed by atoms with van der Waals surface area (Å²) < 4.78 is 67.1. The number of hydrogen-bond acceptors (Lipinski definition) is 4. The van der Waals surface area contributed by atoms with Crippen LogP contribution in [0.5, 0.6) is 5.75 Å². The molecule has 3 rings (SSSR count). The first kappa shape index (κ1) is 18.7. The Morgan fingerprint density at radius 3 is 2.08 bits per heavy atom. The van der Waals surface area contributed by atoms with Gasteiger partial charge in [0, 0.05) is 19.4 Å². The van der Waals surface area contributed by atoms with E-state index in [1.807, 2.05) is 24.3 Å². The van der Waals surface area contributed by atoms with Crippen molar-refractivity contribution in [3.05, 3.63) is 59.7 Å². The molecular weight excluding hydrogens is 371 g/mol. The molecule has 0 fully saturated rings. The Balaban J connectivity index is 1.66. The van der Waals surface area contributed by atoms with E-state index in [0.717, 1.165) is 35.4 Å². The van der Waals surface area contributed by atoms with Crippen molar-refractivity contribution in [3.63, 3.8) is 0 Å². The molecule has 26 heavy (non-hydrogen) atoms. The van der Waals surface area contributed by atoms with Gasteiger partial charge in [-0.2, -0.15) is 0 Å². The minimum atomic E-state index is -4.85. The fourth-order valence-electron chi connectivity index (χ4n) is 2.93. The molecule has 0 heterocycles. The maximum Gasteiger partial charge on any atom is 0.573 e. The molecule has 0 spiro atoms. The van der Waals surface area contributed by atoms with Gasteiger partial charge in [-0.3, -0.25) is 0 Å². The Labute approximate surface area is 148 Å². The quantitative estimate of drug-likeness (QED) is 0.826. The summed E-state index contributed by atoms with van der Waals surface area (Å²) in [5.74, 6) is -0.513. The average Bonchev–Trinajstić information content (AvgIpc) is 2.89. The van der Waals surface area contributed by atoms with Crippen molar-refractivity contribution in [1.29, 1.82) is 0 Å². The average molecular weight is 387 g/mol. The second kappa shape index (κ2) is 6.57. The summed E-state index contributed by atoms with van der Waals surface area (Å²) in [5, 5.41) is 10.6. The third-order valence-electron chi connectivity index (χ3n) is 4.12. The summed E-state index contributed by atoms with van der Waals surface area (Å²) in [5.41, 5.74) is 0.682. The molecule has 2 aromatic carbocycles. The molecule has 5 nitrogen and oxygen atoms in total. The number of halogens is 3. The molecule has 0 amide bonds. The monoisotopic (exact) mass is 387 g/mol. The Bertz CT molecular complexity index is 870. The predicted octanol–water partition coefficient (Wildman–Crippen LogP) is 2.39. The Morgan fingerprint density at radius 2 is 1.58 bits per heavy atom. The molecule has 0 radical (unpaired) electrons. The van der Waals surface area contributed by atoms with Crippen molar-refractivity contribution in [2.75, 3.05) is 6.54 Å². The minimum absolute atomic E-state index is 0.204. The van der Waals surface area contributed by atoms with Crippen LogP contribution in [-0.4, -0.2) is 32.0 Å². The molecule has 2 N–H and O–H groups in total. The lowest BCUT2D eigenvalue weighted by molar-refractivity contribution is -0.274. The molecule has 1 aliphatic carbocycles. The summed E-state index contributed by atoms with van der Waals surface area (Å²) in [7, 11) is -3.98. The zero-order chi connectivity index (χ0) is 19.0. The first-order valence-electron chi connectivity index (χ1n) is 7.71. The normalized spacial score (nSPS) is 16.3. The van der Waals surface area contributed by atoms with Gasteiger partial charge in [0.15, 0.2) is 0 Å². The second-order valence-corrected chi connectivity index (χ2v) is 7.96. The first-order chi connectivity index (χ1) is 12.1. The van der Waals surface area contributed by atoms with Gasteiger partial charge >= 0.3 is 6.36 Å². The van der Waals surface area contributed by atoms with Gasteiger partial charge in [-0.1, -0.05) is 24.3 Å². The number of hydrogen-bond donors (Lipinski definition) is 2. The number of ether oxygens (including phenoxy) is 1. The number of alkyl halides is 3. The summed E-state index contributed by atoms with van der Waals surface area (Å²) in [6.45, 7) is -0.204. The van der Waals surface area contributed by atoms with E-state index < -0.39 is 27.7 Å². The van der Waals surface area contributed by atoms with Gasteiger partial charge in [-0.25, -0.2) is 13.1 Å². The lowest BCUT2D eigenvalue weighted by Gasteiger charge is -2.22.